The lowest BCUT2D eigenvalue weighted by atomic mass is 9.90. The minimum atomic E-state index is -1.79. The van der Waals surface area contributed by atoms with Crippen LogP contribution in [0.1, 0.15) is 257 Å². The third-order valence-corrected chi connectivity index (χ3v) is 23.6. The number of nitrogens with two attached hydrogens (primary N) is 7. The van der Waals surface area contributed by atoms with Gasteiger partial charge in [0, 0.05) is 23.5 Å². The maximum atomic E-state index is 15.2. The average Bonchev–Trinajstić information content (AvgIpc) is 1.78. The van der Waals surface area contributed by atoms with Crippen LogP contribution in [0.4, 0.5) is 0 Å². The molecule has 1 aliphatic heterocycles. The van der Waals surface area contributed by atoms with Gasteiger partial charge in [-0.15, -0.1) is 0 Å². The van der Waals surface area contributed by atoms with Gasteiger partial charge in [-0.1, -0.05) is 126 Å². The van der Waals surface area contributed by atoms with Crippen LogP contribution in [0.5, 0.6) is 0 Å². The molecule has 15 amide bonds. The van der Waals surface area contributed by atoms with Crippen molar-refractivity contribution < 1.29 is 71.9 Å². The van der Waals surface area contributed by atoms with Gasteiger partial charge in [0.2, 0.25) is 88.6 Å². The first-order valence-corrected chi connectivity index (χ1v) is 46.1. The summed E-state index contributed by atoms with van der Waals surface area (Å²) in [5.41, 5.74) is 39.4. The summed E-state index contributed by atoms with van der Waals surface area (Å²) in [4.78, 5) is 220. The second kappa shape index (κ2) is 58.0. The first kappa shape index (κ1) is 111. The van der Waals surface area contributed by atoms with Crippen molar-refractivity contribution in [2.45, 2.75) is 341 Å². The fourth-order valence-electron chi connectivity index (χ4n) is 14.8. The SMILES string of the molecule is CC[C@H](C)[C@H](NC(=O)[C@H](CCCCN)NC(=O)CNC(=O)[C@H](CC(C)C)NC(=O)[C@]1(C)CCC/C=C\CCC[C@](C)(NC(=O)[C@@H](N)C(C)C)C(=O)N[C@@H](Cc2c[nH]c3ccccc23)C(=O)N[C@@H](CCCCN)C(=O)N[C@@H](CCCCN)C(=O)N1)C(=O)N[C@H](C(=O)N[C@@H](CCCCN)C(=O)N[C@H](C(=O)N[C@H](C(=O)N[C@@H](CCCCN)C(N)=O)C(C)C)C(C)C)[C@@H](C)CC. The predicted octanol–water partition coefficient (Wildman–Crippen LogP) is 1.38. The highest BCUT2D eigenvalue weighted by atomic mass is 16.2. The zero-order valence-corrected chi connectivity index (χ0v) is 78.0. The van der Waals surface area contributed by atoms with E-state index in [4.69, 9.17) is 40.1 Å². The van der Waals surface area contributed by atoms with Crippen molar-refractivity contribution in [2.75, 3.05) is 39.3 Å². The van der Waals surface area contributed by atoms with Gasteiger partial charge in [-0.25, -0.2) is 0 Å². The number of allylic oxidation sites excluding steroid dienone is 2. The molecule has 0 radical (unpaired) electrons. The Kier molecular flexibility index (Phi) is 50.9. The van der Waals surface area contributed by atoms with Crippen LogP contribution in [0.25, 0.3) is 10.9 Å². The van der Waals surface area contributed by atoms with E-state index < -0.39 is 202 Å². The summed E-state index contributed by atoms with van der Waals surface area (Å²) in [6, 6.07) is -7.40. The van der Waals surface area contributed by atoms with Crippen LogP contribution in [0.2, 0.25) is 0 Å². The number of nitrogens with one attached hydrogen (secondary N) is 15. The highest BCUT2D eigenvalue weighted by Gasteiger charge is 2.44. The number of hydrogen-bond acceptors (Lipinski definition) is 21. The first-order chi connectivity index (χ1) is 60.1. The van der Waals surface area contributed by atoms with Crippen LogP contribution in [0.15, 0.2) is 42.6 Å². The van der Waals surface area contributed by atoms with Gasteiger partial charge in [-0.3, -0.25) is 71.9 Å². The molecule has 0 spiro atoms. The van der Waals surface area contributed by atoms with Crippen LogP contribution >= 0.6 is 0 Å². The normalized spacial score (nSPS) is 20.5. The van der Waals surface area contributed by atoms with Crippen molar-refractivity contribution in [1.82, 2.24) is 79.4 Å². The van der Waals surface area contributed by atoms with Crippen molar-refractivity contribution in [3.8, 4) is 0 Å². The quantitative estimate of drug-likeness (QED) is 0.0329. The van der Waals surface area contributed by atoms with Crippen molar-refractivity contribution in [1.29, 1.82) is 0 Å². The zero-order chi connectivity index (χ0) is 95.3. The number of hydrogen-bond donors (Lipinski definition) is 22. The van der Waals surface area contributed by atoms with Gasteiger partial charge in [0.05, 0.1) is 12.6 Å². The third-order valence-electron chi connectivity index (χ3n) is 23.6. The molecular weight excluding hydrogens is 1630 g/mol. The molecule has 29 N–H and O–H groups in total. The molecule has 718 valence electrons. The monoisotopic (exact) mass is 1790 g/mol. The Balaban J connectivity index is 2.01. The summed E-state index contributed by atoms with van der Waals surface area (Å²) in [6.07, 6.45) is 12.4. The summed E-state index contributed by atoms with van der Waals surface area (Å²) in [5, 5.41) is 40.1. The lowest BCUT2D eigenvalue weighted by Gasteiger charge is -2.34. The Bertz CT molecular complexity index is 3880. The molecular formula is C90H158N22O15. The van der Waals surface area contributed by atoms with Gasteiger partial charge in [0.25, 0.3) is 0 Å². The number of carbonyl (C=O) groups excluding carboxylic acids is 15. The number of amides is 15. The topological polar surface area (TPSA) is 622 Å². The molecule has 16 atom stereocenters. The molecule has 37 nitrogen and oxygen atoms in total. The highest BCUT2D eigenvalue weighted by Crippen LogP contribution is 2.25. The molecule has 37 heteroatoms. The van der Waals surface area contributed by atoms with E-state index in [-0.39, 0.29) is 102 Å². The number of benzene rings is 1. The zero-order valence-electron chi connectivity index (χ0n) is 78.0. The predicted molar refractivity (Wildman–Crippen MR) is 491 cm³/mol. The van der Waals surface area contributed by atoms with Gasteiger partial charge in [-0.2, -0.15) is 0 Å². The summed E-state index contributed by atoms with van der Waals surface area (Å²) in [5.74, 6) is -13.7. The van der Waals surface area contributed by atoms with E-state index >= 15 is 14.4 Å². The number of para-hydroxylation sites is 1. The van der Waals surface area contributed by atoms with E-state index in [1.165, 1.54) is 6.92 Å². The standard InChI is InChI=1S/C90H158N22O15/c1-15-57(11)73(85(124)104-65(40-26-33-47-94)79(118)107-72(56(9)10)84(123)108-71(55(7)8)83(122)101-62(75(97)114)37-23-30-44-91)110-86(125)74(58(12)16-2)109-78(117)63(38-24-31-45-92)100-69(113)52-99-76(115)67(49-53(3)4)105-87(126)89(13)42-28-19-17-18-20-29-43-90(14,112-82(121)70(96)54(5)6)88(127)106-68(50-59-51-98-61-36-22-21-35-60(59)61)80(119)102-64(39-25-32-46-93)77(116)103-66(81(120)111-89)41-27-34-48-95/h17-18,21-22,35-36,51,53-58,62-68,70-74,98H,15-16,19-20,23-34,37-50,52,91-96H2,1-14H3,(H2,97,114)(H,99,115)(H,100,113)(H,101,122)(H,102,119)(H,103,116)(H,104,124)(H,105,126)(H,106,127)(H,107,118)(H,108,123)(H,109,117)(H,110,125)(H,111,120)(H,112,121)/b18-17-/t57-,58-,62-,63-,64-,65-,66-,67-,68-,70-,71-,72-,73-,74-,89-,90-/m0/s1. The number of rotatable bonds is 52. The minimum absolute atomic E-state index is 0.0134. The highest BCUT2D eigenvalue weighted by molar-refractivity contribution is 6.02. The lowest BCUT2D eigenvalue weighted by Crippen LogP contribution is -2.64. The van der Waals surface area contributed by atoms with E-state index in [0.29, 0.717) is 108 Å². The summed E-state index contributed by atoms with van der Waals surface area (Å²) in [7, 11) is 0. The number of aromatic nitrogens is 1. The number of aromatic amines is 1. The molecule has 0 saturated carbocycles. The van der Waals surface area contributed by atoms with Crippen molar-refractivity contribution in [3.63, 3.8) is 0 Å². The smallest absolute Gasteiger partial charge is 0.246 e. The number of H-pyrrole nitrogens is 1. The fourth-order valence-corrected chi connectivity index (χ4v) is 14.8. The number of fused-ring (bicyclic) bond motifs is 1. The first-order valence-electron chi connectivity index (χ1n) is 46.1. The van der Waals surface area contributed by atoms with E-state index in [0.717, 1.165) is 10.9 Å². The van der Waals surface area contributed by atoms with Gasteiger partial charge < -0.3 is 120 Å². The van der Waals surface area contributed by atoms with E-state index in [2.05, 4.69) is 79.4 Å². The Labute approximate surface area is 751 Å². The molecule has 0 bridgehead atoms. The fraction of sp³-hybridized carbons (Fsp3) is 0.722. The molecule has 0 fully saturated rings. The molecule has 0 saturated heterocycles. The van der Waals surface area contributed by atoms with Gasteiger partial charge >= 0.3 is 0 Å². The number of unbranched alkanes of at least 4 members (excludes halogenated alkanes) is 5. The maximum absolute atomic E-state index is 15.2. The molecule has 2 heterocycles. The third kappa shape index (κ3) is 38.3. The molecule has 0 unspecified atom stereocenters. The molecule has 3 rings (SSSR count). The van der Waals surface area contributed by atoms with Crippen LogP contribution < -0.4 is 115 Å². The molecule has 2 aromatic rings. The maximum Gasteiger partial charge on any atom is 0.246 e. The molecule has 1 aliphatic rings. The lowest BCUT2D eigenvalue weighted by molar-refractivity contribution is -0.138. The van der Waals surface area contributed by atoms with Gasteiger partial charge in [0.15, 0.2) is 0 Å². The van der Waals surface area contributed by atoms with Crippen molar-refractivity contribution in [3.05, 3.63) is 48.2 Å². The van der Waals surface area contributed by atoms with Crippen LogP contribution in [-0.2, 0) is 78.3 Å². The van der Waals surface area contributed by atoms with Gasteiger partial charge in [0.1, 0.15) is 77.5 Å². The molecule has 127 heavy (non-hydrogen) atoms. The van der Waals surface area contributed by atoms with Crippen LogP contribution in [-0.4, -0.2) is 216 Å². The van der Waals surface area contributed by atoms with E-state index in [1.807, 2.05) is 50.3 Å². The molecule has 1 aromatic carbocycles. The van der Waals surface area contributed by atoms with Crippen molar-refractivity contribution in [2.24, 2.45) is 75.6 Å². The summed E-state index contributed by atoms with van der Waals surface area (Å²) in [6.45, 7) is 24.7. The Hall–Kier alpha value is -9.69. The van der Waals surface area contributed by atoms with E-state index in [1.54, 1.807) is 82.4 Å². The second-order valence-electron chi connectivity index (χ2n) is 36.0. The van der Waals surface area contributed by atoms with Gasteiger partial charge in [-0.05, 0) is 235 Å². The number of primary amides is 1. The Morgan fingerprint density at radius 1 is 0.472 bits per heavy atom. The largest absolute Gasteiger partial charge is 0.368 e. The molecule has 0 aliphatic carbocycles. The average molecular weight is 1790 g/mol. The Morgan fingerprint density at radius 2 is 0.913 bits per heavy atom. The second-order valence-corrected chi connectivity index (χ2v) is 36.0. The van der Waals surface area contributed by atoms with Crippen LogP contribution in [0, 0.1) is 35.5 Å². The van der Waals surface area contributed by atoms with Crippen LogP contribution in [0.3, 0.4) is 0 Å². The number of carbonyl (C=O) groups is 15. The summed E-state index contributed by atoms with van der Waals surface area (Å²) >= 11 is 0. The summed E-state index contributed by atoms with van der Waals surface area (Å²) < 4.78 is 0. The molecule has 1 aromatic heterocycles. The van der Waals surface area contributed by atoms with E-state index in [9.17, 15) is 57.5 Å². The Morgan fingerprint density at radius 3 is 1.42 bits per heavy atom. The van der Waals surface area contributed by atoms with Crippen molar-refractivity contribution >= 4 is 99.5 Å². The minimum Gasteiger partial charge on any atom is -0.368 e.